The molecule has 0 aromatic rings. The molecule has 1 saturated heterocycles. The van der Waals surface area contributed by atoms with Crippen LogP contribution in [0.15, 0.2) is 0 Å². The van der Waals surface area contributed by atoms with Crippen LogP contribution < -0.4 is 10.8 Å². The Labute approximate surface area is 87.3 Å². The Morgan fingerprint density at radius 3 is 2.93 bits per heavy atom. The molecule has 1 heterocycles. The summed E-state index contributed by atoms with van der Waals surface area (Å²) in [7, 11) is 0. The van der Waals surface area contributed by atoms with Gasteiger partial charge in [0.1, 0.15) is 0 Å². The molecule has 0 aromatic heterocycles. The summed E-state index contributed by atoms with van der Waals surface area (Å²) >= 11 is 0. The Morgan fingerprint density at radius 1 is 1.40 bits per heavy atom. The zero-order valence-corrected chi connectivity index (χ0v) is 8.36. The van der Waals surface area contributed by atoms with Crippen molar-refractivity contribution >= 4 is 12.0 Å². The van der Waals surface area contributed by atoms with Crippen molar-refractivity contribution in [2.75, 3.05) is 32.8 Å². The summed E-state index contributed by atoms with van der Waals surface area (Å²) in [5, 5.41) is 11.4. The van der Waals surface area contributed by atoms with Gasteiger partial charge in [0.05, 0.1) is 0 Å². The van der Waals surface area contributed by atoms with Gasteiger partial charge in [0.2, 0.25) is 0 Å². The van der Waals surface area contributed by atoms with Crippen molar-refractivity contribution in [2.24, 2.45) is 0 Å². The highest BCUT2D eigenvalue weighted by Gasteiger charge is 2.15. The number of hydrogen-bond acceptors (Lipinski definition) is 4. The average Bonchev–Trinajstić information content (AvgIpc) is 2.44. The molecule has 7 nitrogen and oxygen atoms in total. The van der Waals surface area contributed by atoms with Crippen LogP contribution in [0.2, 0.25) is 0 Å². The fraction of sp³-hybridized carbons (Fsp3) is 0.750. The lowest BCUT2D eigenvalue weighted by atomic mass is 10.4. The molecule has 0 aliphatic carbocycles. The summed E-state index contributed by atoms with van der Waals surface area (Å²) < 4.78 is 0. The summed E-state index contributed by atoms with van der Waals surface area (Å²) in [5.41, 5.74) is 2.09. The van der Waals surface area contributed by atoms with E-state index in [4.69, 9.17) is 5.11 Å². The second-order valence-corrected chi connectivity index (χ2v) is 3.18. The van der Waals surface area contributed by atoms with Crippen molar-refractivity contribution in [3.05, 3.63) is 0 Å². The predicted molar refractivity (Wildman–Crippen MR) is 51.2 cm³/mol. The minimum atomic E-state index is -1.12. The molecule has 0 unspecified atom stereocenters. The first kappa shape index (κ1) is 11.7. The van der Waals surface area contributed by atoms with Gasteiger partial charge in [-0.2, -0.15) is 0 Å². The fourth-order valence-corrected chi connectivity index (χ4v) is 1.27. The van der Waals surface area contributed by atoms with Crippen LogP contribution in [0.4, 0.5) is 4.79 Å². The smallest absolute Gasteiger partial charge is 0.341 e. The molecule has 15 heavy (non-hydrogen) atoms. The molecular formula is C8H15N3O4. The molecule has 0 radical (unpaired) electrons. The third-order valence-electron chi connectivity index (χ3n) is 1.98. The number of carbonyl (C=O) groups is 2. The molecule has 2 amide bonds. The number of urea groups is 1. The van der Waals surface area contributed by atoms with Gasteiger partial charge in [-0.15, -0.1) is 0 Å². The minimum Gasteiger partial charge on any atom is -0.479 e. The topological polar surface area (TPSA) is 90.9 Å². The van der Waals surface area contributed by atoms with E-state index >= 15 is 0 Å². The summed E-state index contributed by atoms with van der Waals surface area (Å²) in [6, 6.07) is -0.389. The largest absolute Gasteiger partial charge is 0.479 e. The second-order valence-electron chi connectivity index (χ2n) is 3.18. The molecule has 0 aromatic carbocycles. The van der Waals surface area contributed by atoms with Crippen molar-refractivity contribution in [1.29, 1.82) is 0 Å². The van der Waals surface area contributed by atoms with Crippen molar-refractivity contribution in [3.8, 4) is 0 Å². The van der Waals surface area contributed by atoms with E-state index in [1.54, 1.807) is 4.90 Å². The van der Waals surface area contributed by atoms with E-state index in [2.05, 4.69) is 15.6 Å². The number of rotatable bonds is 3. The normalized spacial score (nSPS) is 16.9. The molecule has 86 valence electrons. The van der Waals surface area contributed by atoms with E-state index in [0.29, 0.717) is 13.1 Å². The number of carboxylic acids is 1. The summed E-state index contributed by atoms with van der Waals surface area (Å²) in [5.74, 6) is -1.12. The van der Waals surface area contributed by atoms with Gasteiger partial charge >= 0.3 is 12.0 Å². The molecule has 0 spiro atoms. The summed E-state index contributed by atoms with van der Waals surface area (Å²) in [6.07, 6.45) is 0.881. The standard InChI is InChI=1S/C8H15N3O4/c12-7(13)6-15-10-8(14)11-4-1-2-9-3-5-11/h9H,1-6H2,(H,10,14)(H,12,13). The van der Waals surface area contributed by atoms with Gasteiger partial charge in [-0.25, -0.2) is 15.1 Å². The Morgan fingerprint density at radius 2 is 2.20 bits per heavy atom. The van der Waals surface area contributed by atoms with Crippen LogP contribution in [0.5, 0.6) is 0 Å². The second kappa shape index (κ2) is 6.20. The Hall–Kier alpha value is -1.34. The number of amides is 2. The lowest BCUT2D eigenvalue weighted by Crippen LogP contribution is -2.42. The van der Waals surface area contributed by atoms with Crippen LogP contribution in [0.3, 0.4) is 0 Å². The first-order valence-electron chi connectivity index (χ1n) is 4.79. The molecular weight excluding hydrogens is 202 g/mol. The molecule has 1 fully saturated rings. The van der Waals surface area contributed by atoms with Crippen LogP contribution in [0.1, 0.15) is 6.42 Å². The van der Waals surface area contributed by atoms with Crippen molar-refractivity contribution in [1.82, 2.24) is 15.7 Å². The van der Waals surface area contributed by atoms with Crippen molar-refractivity contribution in [2.45, 2.75) is 6.42 Å². The highest BCUT2D eigenvalue weighted by atomic mass is 16.7. The number of hydrogen-bond donors (Lipinski definition) is 3. The molecule has 1 aliphatic rings. The van der Waals surface area contributed by atoms with Crippen LogP contribution in [-0.4, -0.2) is 54.8 Å². The molecule has 1 aliphatic heterocycles. The minimum absolute atomic E-state index is 0.389. The monoisotopic (exact) mass is 217 g/mol. The molecule has 1 rings (SSSR count). The zero-order valence-electron chi connectivity index (χ0n) is 8.36. The summed E-state index contributed by atoms with van der Waals surface area (Å²) in [4.78, 5) is 27.6. The molecule has 7 heteroatoms. The van der Waals surface area contributed by atoms with Crippen LogP contribution in [0, 0.1) is 0 Å². The van der Waals surface area contributed by atoms with Crippen LogP contribution >= 0.6 is 0 Å². The number of nitrogens with zero attached hydrogens (tertiary/aromatic N) is 1. The average molecular weight is 217 g/mol. The first-order chi connectivity index (χ1) is 7.20. The maximum absolute atomic E-state index is 11.4. The van der Waals surface area contributed by atoms with Gasteiger partial charge in [0.25, 0.3) is 0 Å². The van der Waals surface area contributed by atoms with Crippen LogP contribution in [-0.2, 0) is 9.63 Å². The Balaban J connectivity index is 2.22. The number of carbonyl (C=O) groups excluding carboxylic acids is 1. The van der Waals surface area contributed by atoms with Gasteiger partial charge < -0.3 is 15.3 Å². The SMILES string of the molecule is O=C(O)CONC(=O)N1CCCNCC1. The first-order valence-corrected chi connectivity index (χ1v) is 4.79. The predicted octanol–water partition coefficient (Wildman–Crippen LogP) is -0.992. The molecule has 3 N–H and O–H groups in total. The van der Waals surface area contributed by atoms with Gasteiger partial charge in [-0.05, 0) is 13.0 Å². The fourth-order valence-electron chi connectivity index (χ4n) is 1.27. The third-order valence-corrected chi connectivity index (χ3v) is 1.98. The summed E-state index contributed by atoms with van der Waals surface area (Å²) in [6.45, 7) is 2.35. The number of carboxylic acid groups (broad SMARTS) is 1. The quantitative estimate of drug-likeness (QED) is 0.528. The van der Waals surface area contributed by atoms with E-state index in [1.807, 2.05) is 0 Å². The van der Waals surface area contributed by atoms with Crippen LogP contribution in [0.25, 0.3) is 0 Å². The molecule has 0 atom stereocenters. The molecule has 0 bridgehead atoms. The Bertz CT molecular complexity index is 226. The zero-order chi connectivity index (χ0) is 11.1. The lowest BCUT2D eigenvalue weighted by Gasteiger charge is -2.19. The third kappa shape index (κ3) is 4.61. The maximum Gasteiger partial charge on any atom is 0.341 e. The maximum atomic E-state index is 11.4. The Kier molecular flexibility index (Phi) is 4.85. The van der Waals surface area contributed by atoms with Gasteiger partial charge in [-0.1, -0.05) is 0 Å². The van der Waals surface area contributed by atoms with E-state index in [0.717, 1.165) is 19.5 Å². The number of nitrogens with one attached hydrogen (secondary N) is 2. The number of aliphatic carboxylic acids is 1. The van der Waals surface area contributed by atoms with E-state index in [-0.39, 0.29) is 6.03 Å². The van der Waals surface area contributed by atoms with Crippen molar-refractivity contribution < 1.29 is 19.5 Å². The van der Waals surface area contributed by atoms with E-state index in [1.165, 1.54) is 0 Å². The van der Waals surface area contributed by atoms with Gasteiger partial charge in [-0.3, -0.25) is 4.84 Å². The number of hydroxylamine groups is 1. The van der Waals surface area contributed by atoms with E-state index < -0.39 is 12.6 Å². The molecule has 0 saturated carbocycles. The highest BCUT2D eigenvalue weighted by molar-refractivity contribution is 5.73. The van der Waals surface area contributed by atoms with Gasteiger partial charge in [0, 0.05) is 19.6 Å². The van der Waals surface area contributed by atoms with Crippen molar-refractivity contribution in [3.63, 3.8) is 0 Å². The lowest BCUT2D eigenvalue weighted by molar-refractivity contribution is -0.144. The van der Waals surface area contributed by atoms with E-state index in [9.17, 15) is 9.59 Å². The highest BCUT2D eigenvalue weighted by Crippen LogP contribution is 1.95. The van der Waals surface area contributed by atoms with Gasteiger partial charge in [0.15, 0.2) is 6.61 Å².